The molecule has 19 heavy (non-hydrogen) atoms. The van der Waals surface area contributed by atoms with Crippen LogP contribution in [-0.2, 0) is 0 Å². The minimum absolute atomic E-state index is 0.670. The summed E-state index contributed by atoms with van der Waals surface area (Å²) >= 11 is 0. The van der Waals surface area contributed by atoms with E-state index in [-0.39, 0.29) is 0 Å². The molecule has 2 aromatic rings. The van der Waals surface area contributed by atoms with Crippen molar-refractivity contribution in [1.29, 1.82) is 0 Å². The van der Waals surface area contributed by atoms with Gasteiger partial charge >= 0.3 is 0 Å². The average Bonchev–Trinajstić information content (AvgIpc) is 2.48. The van der Waals surface area contributed by atoms with Crippen molar-refractivity contribution >= 4 is 11.9 Å². The van der Waals surface area contributed by atoms with Crippen molar-refractivity contribution in [3.8, 4) is 11.5 Å². The maximum Gasteiger partial charge on any atom is 0.169 e. The standard InChI is InChI=1S/C15H16N2O2/c1-18-14-10-6-7-12(15(14)19-2)11-16-17-13-8-4-3-5-9-13/h3-11,17H,1-2H3/b16-11-. The molecular weight excluding hydrogens is 240 g/mol. The monoisotopic (exact) mass is 256 g/mol. The van der Waals surface area contributed by atoms with Crippen LogP contribution in [0.1, 0.15) is 5.56 Å². The van der Waals surface area contributed by atoms with E-state index in [1.807, 2.05) is 48.5 Å². The normalized spacial score (nSPS) is 10.4. The highest BCUT2D eigenvalue weighted by Gasteiger charge is 2.06. The van der Waals surface area contributed by atoms with E-state index in [9.17, 15) is 0 Å². The van der Waals surface area contributed by atoms with Crippen molar-refractivity contribution in [3.05, 3.63) is 54.1 Å². The molecule has 0 aromatic heterocycles. The number of nitrogens with one attached hydrogen (secondary N) is 1. The lowest BCUT2D eigenvalue weighted by Gasteiger charge is -2.09. The Morgan fingerprint density at radius 2 is 1.74 bits per heavy atom. The highest BCUT2D eigenvalue weighted by atomic mass is 16.5. The number of hydrogen-bond acceptors (Lipinski definition) is 4. The second kappa shape index (κ2) is 6.44. The highest BCUT2D eigenvalue weighted by Crippen LogP contribution is 2.29. The summed E-state index contributed by atoms with van der Waals surface area (Å²) in [5, 5.41) is 4.19. The summed E-state index contributed by atoms with van der Waals surface area (Å²) in [7, 11) is 3.22. The third kappa shape index (κ3) is 3.25. The Morgan fingerprint density at radius 1 is 0.947 bits per heavy atom. The van der Waals surface area contributed by atoms with E-state index in [0.29, 0.717) is 11.5 Å². The lowest BCUT2D eigenvalue weighted by molar-refractivity contribution is 0.354. The molecule has 0 bridgehead atoms. The Balaban J connectivity index is 2.15. The van der Waals surface area contributed by atoms with Crippen LogP contribution < -0.4 is 14.9 Å². The summed E-state index contributed by atoms with van der Waals surface area (Å²) in [6, 6.07) is 15.4. The minimum Gasteiger partial charge on any atom is -0.493 e. The zero-order valence-electron chi connectivity index (χ0n) is 11.0. The first-order valence-electron chi connectivity index (χ1n) is 5.90. The molecule has 0 aliphatic carbocycles. The van der Waals surface area contributed by atoms with Crippen molar-refractivity contribution in [2.24, 2.45) is 5.10 Å². The molecule has 0 aliphatic heterocycles. The van der Waals surface area contributed by atoms with Gasteiger partial charge in [-0.25, -0.2) is 0 Å². The summed E-state index contributed by atoms with van der Waals surface area (Å²) in [4.78, 5) is 0. The Kier molecular flexibility index (Phi) is 4.39. The Labute approximate surface area is 112 Å². The fourth-order valence-corrected chi connectivity index (χ4v) is 1.70. The lowest BCUT2D eigenvalue weighted by Crippen LogP contribution is -1.96. The molecular formula is C15H16N2O2. The van der Waals surface area contributed by atoms with Crippen molar-refractivity contribution in [3.63, 3.8) is 0 Å². The predicted molar refractivity (Wildman–Crippen MR) is 77.2 cm³/mol. The molecule has 0 aliphatic rings. The number of para-hydroxylation sites is 2. The molecule has 0 amide bonds. The van der Waals surface area contributed by atoms with Crippen molar-refractivity contribution in [1.82, 2.24) is 0 Å². The smallest absolute Gasteiger partial charge is 0.169 e. The van der Waals surface area contributed by atoms with Crippen LogP contribution in [-0.4, -0.2) is 20.4 Å². The molecule has 2 aromatic carbocycles. The van der Waals surface area contributed by atoms with Gasteiger partial charge in [0.2, 0.25) is 0 Å². The van der Waals surface area contributed by atoms with Gasteiger partial charge in [0.05, 0.1) is 26.1 Å². The molecule has 0 saturated heterocycles. The van der Waals surface area contributed by atoms with Gasteiger partial charge in [0.1, 0.15) is 0 Å². The number of anilines is 1. The Bertz CT molecular complexity index is 553. The van der Waals surface area contributed by atoms with Gasteiger partial charge in [-0.15, -0.1) is 0 Å². The van der Waals surface area contributed by atoms with Crippen molar-refractivity contribution < 1.29 is 9.47 Å². The number of benzene rings is 2. The van der Waals surface area contributed by atoms with Crippen molar-refractivity contribution in [2.45, 2.75) is 0 Å². The van der Waals surface area contributed by atoms with E-state index in [0.717, 1.165) is 11.3 Å². The van der Waals surface area contributed by atoms with E-state index in [2.05, 4.69) is 10.5 Å². The van der Waals surface area contributed by atoms with Crippen LogP contribution in [0.15, 0.2) is 53.6 Å². The van der Waals surface area contributed by atoms with Crippen LogP contribution in [0, 0.1) is 0 Å². The highest BCUT2D eigenvalue weighted by molar-refractivity contribution is 5.85. The molecule has 0 fully saturated rings. The van der Waals surface area contributed by atoms with Gasteiger partial charge in [-0.05, 0) is 24.3 Å². The van der Waals surface area contributed by atoms with Crippen LogP contribution in [0.2, 0.25) is 0 Å². The fraction of sp³-hybridized carbons (Fsp3) is 0.133. The third-order valence-corrected chi connectivity index (χ3v) is 2.60. The van der Waals surface area contributed by atoms with Gasteiger partial charge in [-0.1, -0.05) is 24.3 Å². The first kappa shape index (κ1) is 13.0. The first-order valence-corrected chi connectivity index (χ1v) is 5.90. The Morgan fingerprint density at radius 3 is 2.42 bits per heavy atom. The van der Waals surface area contributed by atoms with E-state index in [4.69, 9.17) is 9.47 Å². The SMILES string of the molecule is COc1cccc(/C=N\Nc2ccccc2)c1OC. The zero-order valence-corrected chi connectivity index (χ0v) is 11.0. The largest absolute Gasteiger partial charge is 0.493 e. The molecule has 0 spiro atoms. The number of nitrogens with zero attached hydrogens (tertiary/aromatic N) is 1. The van der Waals surface area contributed by atoms with Crippen LogP contribution in [0.3, 0.4) is 0 Å². The van der Waals surface area contributed by atoms with E-state index < -0.39 is 0 Å². The van der Waals surface area contributed by atoms with Gasteiger partial charge in [-0.2, -0.15) is 5.10 Å². The van der Waals surface area contributed by atoms with Gasteiger partial charge in [-0.3, -0.25) is 5.43 Å². The molecule has 1 N–H and O–H groups in total. The average molecular weight is 256 g/mol. The van der Waals surface area contributed by atoms with Gasteiger partial charge in [0, 0.05) is 5.56 Å². The second-order valence-electron chi connectivity index (χ2n) is 3.82. The maximum atomic E-state index is 5.33. The molecule has 0 radical (unpaired) electrons. The molecule has 0 unspecified atom stereocenters. The van der Waals surface area contributed by atoms with E-state index >= 15 is 0 Å². The molecule has 2 rings (SSSR count). The maximum absolute atomic E-state index is 5.33. The van der Waals surface area contributed by atoms with Crippen molar-refractivity contribution in [2.75, 3.05) is 19.6 Å². The quantitative estimate of drug-likeness (QED) is 0.660. The number of ether oxygens (including phenoxy) is 2. The fourth-order valence-electron chi connectivity index (χ4n) is 1.70. The topological polar surface area (TPSA) is 42.8 Å². The molecule has 0 saturated carbocycles. The molecule has 4 nitrogen and oxygen atoms in total. The van der Waals surface area contributed by atoms with Crippen LogP contribution in [0.4, 0.5) is 5.69 Å². The predicted octanol–water partition coefficient (Wildman–Crippen LogP) is 3.15. The number of hydrazone groups is 1. The summed E-state index contributed by atoms with van der Waals surface area (Å²) in [5.74, 6) is 1.36. The van der Waals surface area contributed by atoms with E-state index in [1.54, 1.807) is 20.4 Å². The number of rotatable bonds is 5. The second-order valence-corrected chi connectivity index (χ2v) is 3.82. The van der Waals surface area contributed by atoms with Crippen LogP contribution in [0.5, 0.6) is 11.5 Å². The Hall–Kier alpha value is -2.49. The third-order valence-electron chi connectivity index (χ3n) is 2.60. The first-order chi connectivity index (χ1) is 9.35. The van der Waals surface area contributed by atoms with Gasteiger partial charge in [0.25, 0.3) is 0 Å². The summed E-state index contributed by atoms with van der Waals surface area (Å²) in [6.45, 7) is 0. The number of hydrogen-bond donors (Lipinski definition) is 1. The van der Waals surface area contributed by atoms with Crippen LogP contribution >= 0.6 is 0 Å². The molecule has 4 heteroatoms. The zero-order chi connectivity index (χ0) is 13.5. The van der Waals surface area contributed by atoms with E-state index in [1.165, 1.54) is 0 Å². The summed E-state index contributed by atoms with van der Waals surface area (Å²) in [5.41, 5.74) is 4.74. The van der Waals surface area contributed by atoms with Gasteiger partial charge < -0.3 is 9.47 Å². The number of methoxy groups -OCH3 is 2. The molecule has 0 heterocycles. The van der Waals surface area contributed by atoms with Crippen LogP contribution in [0.25, 0.3) is 0 Å². The lowest BCUT2D eigenvalue weighted by atomic mass is 10.2. The molecule has 0 atom stereocenters. The minimum atomic E-state index is 0.670. The summed E-state index contributed by atoms with van der Waals surface area (Å²) < 4.78 is 10.6. The van der Waals surface area contributed by atoms with Gasteiger partial charge in [0.15, 0.2) is 11.5 Å². The summed E-state index contributed by atoms with van der Waals surface area (Å²) in [6.07, 6.45) is 1.70. The molecule has 98 valence electrons.